The van der Waals surface area contributed by atoms with Gasteiger partial charge >= 0.3 is 29.5 Å². The summed E-state index contributed by atoms with van der Waals surface area (Å²) >= 11 is 0. The van der Waals surface area contributed by atoms with Crippen LogP contribution in [-0.4, -0.2) is 74.4 Å². The fraction of sp³-hybridized carbons (Fsp3) is 0.346. The Hall–Kier alpha value is -5.19. The summed E-state index contributed by atoms with van der Waals surface area (Å²) in [6, 6.07) is 8.41. The number of nitriles is 1. The molecule has 2 aromatic rings. The summed E-state index contributed by atoms with van der Waals surface area (Å²) in [5.74, 6) is -4.74. The molecule has 1 aromatic carbocycles. The molecule has 1 fully saturated rings. The van der Waals surface area contributed by atoms with Crippen LogP contribution in [0.25, 0.3) is 17.0 Å². The Morgan fingerprint density at radius 1 is 0.975 bits per heavy atom. The third-order valence-electron chi connectivity index (χ3n) is 5.51. The Morgan fingerprint density at radius 3 is 2.08 bits per heavy atom. The lowest BCUT2D eigenvalue weighted by Gasteiger charge is -2.33. The van der Waals surface area contributed by atoms with Gasteiger partial charge in [-0.15, -0.1) is 0 Å². The number of hydrogen-bond acceptors (Lipinski definition) is 13. The molecular weight excluding hydrogens is 530 g/mol. The van der Waals surface area contributed by atoms with Crippen molar-refractivity contribution >= 4 is 52.5 Å². The Kier molecular flexibility index (Phi) is 9.95. The first-order chi connectivity index (χ1) is 19.1. The highest BCUT2D eigenvalue weighted by Gasteiger charge is 2.26. The molecule has 40 heavy (non-hydrogen) atoms. The van der Waals surface area contributed by atoms with Gasteiger partial charge in [0.25, 0.3) is 5.91 Å². The van der Waals surface area contributed by atoms with E-state index in [2.05, 4.69) is 14.4 Å². The largest absolute Gasteiger partial charge is 0.428 e. The molecule has 1 amide bonds. The second-order valence-corrected chi connectivity index (χ2v) is 8.42. The Bertz CT molecular complexity index is 1420. The summed E-state index contributed by atoms with van der Waals surface area (Å²) in [5.41, 5.74) is -0.325. The predicted molar refractivity (Wildman–Crippen MR) is 135 cm³/mol. The standard InChI is InChI=1S/C26H25N3O11/c1-16(30)36-14-38-23(32)12-29(13-24(33)39-15-37-17(2)31)25(34)20(11-27)9-19-8-18-4-5-21(28-6-3-7-28)10-22(18)40-26(19)35/h4-5,8-10H,3,6-7,12-15H2,1-2H3/b20-9+. The van der Waals surface area contributed by atoms with Gasteiger partial charge in [-0.3, -0.25) is 24.0 Å². The lowest BCUT2D eigenvalue weighted by molar-refractivity contribution is -0.169. The topological polar surface area (TPSA) is 183 Å². The zero-order valence-corrected chi connectivity index (χ0v) is 21.7. The molecule has 1 aliphatic rings. The van der Waals surface area contributed by atoms with E-state index in [0.29, 0.717) is 15.9 Å². The molecule has 0 spiro atoms. The second-order valence-electron chi connectivity index (χ2n) is 8.42. The lowest BCUT2D eigenvalue weighted by atomic mass is 10.1. The average molecular weight is 555 g/mol. The minimum atomic E-state index is -1.12. The number of nitrogens with zero attached hydrogens (tertiary/aromatic N) is 3. The maximum Gasteiger partial charge on any atom is 0.343 e. The Labute approximate surface area is 227 Å². The van der Waals surface area contributed by atoms with Gasteiger partial charge in [-0.2, -0.15) is 5.26 Å². The first-order valence-electron chi connectivity index (χ1n) is 11.9. The quantitative estimate of drug-likeness (QED) is 0.125. The molecule has 0 saturated carbocycles. The van der Waals surface area contributed by atoms with Crippen LogP contribution in [0.3, 0.4) is 0 Å². The van der Waals surface area contributed by atoms with E-state index in [1.165, 1.54) is 6.07 Å². The van der Waals surface area contributed by atoms with E-state index in [0.717, 1.165) is 45.1 Å². The molecule has 1 saturated heterocycles. The first kappa shape index (κ1) is 29.4. The summed E-state index contributed by atoms with van der Waals surface area (Å²) in [6.07, 6.45) is 2.04. The smallest absolute Gasteiger partial charge is 0.343 e. The summed E-state index contributed by atoms with van der Waals surface area (Å²) < 4.78 is 23.8. The second kappa shape index (κ2) is 13.6. The van der Waals surface area contributed by atoms with Gasteiger partial charge in [-0.1, -0.05) is 0 Å². The lowest BCUT2D eigenvalue weighted by Crippen LogP contribution is -2.41. The fourth-order valence-corrected chi connectivity index (χ4v) is 3.41. The zero-order valence-electron chi connectivity index (χ0n) is 21.7. The number of esters is 4. The van der Waals surface area contributed by atoms with Crippen molar-refractivity contribution in [3.63, 3.8) is 0 Å². The number of rotatable bonds is 11. The van der Waals surface area contributed by atoms with Crippen LogP contribution in [0.15, 0.2) is 39.1 Å². The van der Waals surface area contributed by atoms with Crippen LogP contribution < -0.4 is 10.5 Å². The van der Waals surface area contributed by atoms with Crippen molar-refractivity contribution in [3.05, 3.63) is 45.8 Å². The van der Waals surface area contributed by atoms with Gasteiger partial charge in [-0.25, -0.2) is 4.79 Å². The summed E-state index contributed by atoms with van der Waals surface area (Å²) in [7, 11) is 0. The molecule has 1 aromatic heterocycles. The van der Waals surface area contributed by atoms with Crippen molar-refractivity contribution in [1.82, 2.24) is 4.90 Å². The minimum Gasteiger partial charge on any atom is -0.428 e. The molecule has 0 bridgehead atoms. The van der Waals surface area contributed by atoms with Crippen molar-refractivity contribution in [3.8, 4) is 6.07 Å². The molecule has 0 unspecified atom stereocenters. The minimum absolute atomic E-state index is 0.121. The van der Waals surface area contributed by atoms with E-state index < -0.39 is 67.7 Å². The van der Waals surface area contributed by atoms with Crippen molar-refractivity contribution in [2.45, 2.75) is 20.3 Å². The van der Waals surface area contributed by atoms with E-state index in [4.69, 9.17) is 13.9 Å². The van der Waals surface area contributed by atoms with E-state index in [1.54, 1.807) is 18.2 Å². The normalized spacial score (nSPS) is 12.5. The van der Waals surface area contributed by atoms with E-state index in [-0.39, 0.29) is 5.56 Å². The highest BCUT2D eigenvalue weighted by atomic mass is 16.7. The molecule has 3 rings (SSSR count). The van der Waals surface area contributed by atoms with E-state index >= 15 is 0 Å². The first-order valence-corrected chi connectivity index (χ1v) is 11.9. The van der Waals surface area contributed by atoms with Gasteiger partial charge in [0, 0.05) is 44.1 Å². The molecule has 0 radical (unpaired) electrons. The number of carbonyl (C=O) groups is 5. The van der Waals surface area contributed by atoms with Gasteiger partial charge in [0.1, 0.15) is 30.3 Å². The summed E-state index contributed by atoms with van der Waals surface area (Å²) in [4.78, 5) is 74.7. The zero-order chi connectivity index (χ0) is 29.2. The van der Waals surface area contributed by atoms with Gasteiger partial charge in [0.15, 0.2) is 0 Å². The van der Waals surface area contributed by atoms with Gasteiger partial charge in [0.05, 0.1) is 5.56 Å². The highest BCUT2D eigenvalue weighted by Crippen LogP contribution is 2.25. The summed E-state index contributed by atoms with van der Waals surface area (Å²) in [6.45, 7) is 0.769. The number of carbonyl (C=O) groups excluding carboxylic acids is 5. The van der Waals surface area contributed by atoms with Crippen molar-refractivity contribution < 1.29 is 47.3 Å². The van der Waals surface area contributed by atoms with Crippen LogP contribution in [0.2, 0.25) is 0 Å². The predicted octanol–water partition coefficient (Wildman–Crippen LogP) is 0.866. The number of benzene rings is 1. The molecule has 0 atom stereocenters. The molecule has 14 nitrogen and oxygen atoms in total. The highest BCUT2D eigenvalue weighted by molar-refractivity contribution is 6.04. The SMILES string of the molecule is CC(=O)OCOC(=O)CN(CC(=O)OCOC(C)=O)C(=O)/C(C#N)=C/c1cc2ccc(N3CCC3)cc2oc1=O. The van der Waals surface area contributed by atoms with Crippen LogP contribution in [0.4, 0.5) is 5.69 Å². The van der Waals surface area contributed by atoms with Crippen LogP contribution in [0.5, 0.6) is 0 Å². The molecule has 0 aliphatic carbocycles. The fourth-order valence-electron chi connectivity index (χ4n) is 3.41. The van der Waals surface area contributed by atoms with Crippen molar-refractivity contribution in [1.29, 1.82) is 5.26 Å². The van der Waals surface area contributed by atoms with Gasteiger partial charge in [0.2, 0.25) is 13.6 Å². The van der Waals surface area contributed by atoms with Gasteiger partial charge < -0.3 is 33.2 Å². The van der Waals surface area contributed by atoms with Crippen LogP contribution in [0.1, 0.15) is 25.8 Å². The average Bonchev–Trinajstić information content (AvgIpc) is 2.85. The number of amides is 1. The molecule has 2 heterocycles. The third kappa shape index (κ3) is 8.15. The van der Waals surface area contributed by atoms with Crippen molar-refractivity contribution in [2.75, 3.05) is 44.7 Å². The van der Waals surface area contributed by atoms with E-state index in [1.807, 2.05) is 6.07 Å². The van der Waals surface area contributed by atoms with Crippen LogP contribution in [-0.2, 0) is 42.9 Å². The maximum atomic E-state index is 13.2. The van der Waals surface area contributed by atoms with Gasteiger partial charge in [-0.05, 0) is 30.7 Å². The monoisotopic (exact) mass is 555 g/mol. The molecule has 14 heteroatoms. The van der Waals surface area contributed by atoms with Crippen LogP contribution in [0, 0.1) is 11.3 Å². The summed E-state index contributed by atoms with van der Waals surface area (Å²) in [5, 5.41) is 10.2. The third-order valence-corrected chi connectivity index (χ3v) is 5.51. The van der Waals surface area contributed by atoms with Crippen LogP contribution >= 0.6 is 0 Å². The number of ether oxygens (including phenoxy) is 4. The number of anilines is 1. The van der Waals surface area contributed by atoms with E-state index in [9.17, 15) is 34.0 Å². The number of fused-ring (bicyclic) bond motifs is 1. The van der Waals surface area contributed by atoms with Crippen molar-refractivity contribution in [2.24, 2.45) is 0 Å². The Morgan fingerprint density at radius 2 is 1.57 bits per heavy atom. The Balaban J connectivity index is 1.83. The maximum absolute atomic E-state index is 13.2. The molecule has 1 aliphatic heterocycles. The molecule has 0 N–H and O–H groups in total. The molecule has 210 valence electrons. The number of hydrogen-bond donors (Lipinski definition) is 0. The molecular formula is C26H25N3O11.